The van der Waals surface area contributed by atoms with Crippen molar-refractivity contribution in [3.05, 3.63) is 12.3 Å². The van der Waals surface area contributed by atoms with Crippen molar-refractivity contribution in [1.82, 2.24) is 10.6 Å². The molecule has 7 nitrogen and oxygen atoms in total. The summed E-state index contributed by atoms with van der Waals surface area (Å²) < 4.78 is 0. The van der Waals surface area contributed by atoms with E-state index in [1.54, 1.807) is 0 Å². The van der Waals surface area contributed by atoms with Crippen LogP contribution in [0.1, 0.15) is 19.3 Å². The summed E-state index contributed by atoms with van der Waals surface area (Å²) in [6.07, 6.45) is 0.905. The number of aliphatic hydroxyl groups is 1. The van der Waals surface area contributed by atoms with Crippen LogP contribution in [0.4, 0.5) is 0 Å². The third kappa shape index (κ3) is 9.10. The Kier molecular flexibility index (Phi) is 8.65. The number of aliphatic hydroxyl groups excluding tert-OH is 1. The number of allylic oxidation sites excluding steroid dienone is 1. The van der Waals surface area contributed by atoms with Crippen molar-refractivity contribution in [2.45, 2.75) is 30.6 Å². The van der Waals surface area contributed by atoms with Crippen molar-refractivity contribution < 1.29 is 24.6 Å². The molecule has 0 rings (SSSR count). The van der Waals surface area contributed by atoms with E-state index in [1.165, 1.54) is 0 Å². The van der Waals surface area contributed by atoms with Crippen LogP contribution in [0.2, 0.25) is 5.32 Å². The predicted octanol–water partition coefficient (Wildman–Crippen LogP) is -0.499. The van der Waals surface area contributed by atoms with E-state index in [0.717, 1.165) is 0 Å². The molecule has 2 amide bonds. The summed E-state index contributed by atoms with van der Waals surface area (Å²) in [7, 11) is 0. The average Bonchev–Trinajstić information content (AvgIpc) is 2.32. The maximum absolute atomic E-state index is 11.5. The van der Waals surface area contributed by atoms with Crippen LogP contribution in [0.15, 0.2) is 12.3 Å². The topological polar surface area (TPSA) is 116 Å². The zero-order valence-electron chi connectivity index (χ0n) is 10.3. The van der Waals surface area contributed by atoms with Gasteiger partial charge < -0.3 is 0 Å². The number of carbonyl (C=O) groups excluding carboxylic acids is 2. The molecule has 0 aliphatic carbocycles. The van der Waals surface area contributed by atoms with Gasteiger partial charge in [-0.1, -0.05) is 0 Å². The molecular formula is C11H17N2O5Se. The van der Waals surface area contributed by atoms with E-state index in [9.17, 15) is 14.4 Å². The number of carbonyl (C=O) groups is 3. The van der Waals surface area contributed by atoms with Crippen LogP contribution in [0.3, 0.4) is 0 Å². The zero-order chi connectivity index (χ0) is 14.8. The van der Waals surface area contributed by atoms with Crippen molar-refractivity contribution >= 4 is 33.8 Å². The third-order valence-corrected chi connectivity index (χ3v) is 2.80. The number of aliphatic carboxylic acids is 1. The second-order valence-corrected chi connectivity index (χ2v) is 4.52. The minimum atomic E-state index is -1.15. The Morgan fingerprint density at radius 1 is 1.21 bits per heavy atom. The van der Waals surface area contributed by atoms with Gasteiger partial charge in [0.1, 0.15) is 0 Å². The van der Waals surface area contributed by atoms with Crippen molar-refractivity contribution in [1.29, 1.82) is 0 Å². The molecule has 1 radical (unpaired) electrons. The molecule has 0 aliphatic heterocycles. The van der Waals surface area contributed by atoms with Crippen LogP contribution in [-0.4, -0.2) is 56.6 Å². The molecule has 0 aliphatic rings. The van der Waals surface area contributed by atoms with Crippen LogP contribution in [0.5, 0.6) is 0 Å². The first-order chi connectivity index (χ1) is 8.86. The first-order valence-corrected chi connectivity index (χ1v) is 6.81. The summed E-state index contributed by atoms with van der Waals surface area (Å²) in [5.74, 6) is -2.04. The van der Waals surface area contributed by atoms with Gasteiger partial charge >= 0.3 is 119 Å². The van der Waals surface area contributed by atoms with E-state index >= 15 is 0 Å². The molecule has 0 aromatic heterocycles. The van der Waals surface area contributed by atoms with E-state index in [4.69, 9.17) is 10.2 Å². The second kappa shape index (κ2) is 9.41. The summed E-state index contributed by atoms with van der Waals surface area (Å²) in [4.78, 5) is 33.3. The summed E-state index contributed by atoms with van der Waals surface area (Å²) in [6, 6.07) is -0.802. The molecule has 1 atom stereocenters. The first kappa shape index (κ1) is 17.5. The average molecular weight is 336 g/mol. The van der Waals surface area contributed by atoms with Gasteiger partial charge in [-0.05, 0) is 0 Å². The number of hydrogen-bond donors (Lipinski definition) is 4. The molecule has 0 saturated heterocycles. The molecule has 0 aromatic rings. The zero-order valence-corrected chi connectivity index (χ0v) is 12.1. The maximum atomic E-state index is 11.5. The number of carboxylic acids is 1. The van der Waals surface area contributed by atoms with Gasteiger partial charge in [-0.3, -0.25) is 0 Å². The Balaban J connectivity index is 4.09. The van der Waals surface area contributed by atoms with Crippen LogP contribution < -0.4 is 10.6 Å². The SMILES string of the molecule is C=C(O)CCCC(=O)NC(C[Se])C(=O)NCC(=O)O. The molecular weight excluding hydrogens is 319 g/mol. The quantitative estimate of drug-likeness (QED) is 0.335. The predicted molar refractivity (Wildman–Crippen MR) is 68.8 cm³/mol. The number of nitrogens with one attached hydrogen (secondary N) is 2. The van der Waals surface area contributed by atoms with E-state index in [2.05, 4.69) is 33.2 Å². The molecule has 4 N–H and O–H groups in total. The van der Waals surface area contributed by atoms with Gasteiger partial charge in [0.25, 0.3) is 0 Å². The van der Waals surface area contributed by atoms with E-state index in [1.807, 2.05) is 0 Å². The summed E-state index contributed by atoms with van der Waals surface area (Å²) in [5, 5.41) is 22.2. The van der Waals surface area contributed by atoms with Gasteiger partial charge in [-0.2, -0.15) is 0 Å². The standard InChI is InChI=1S/C11H17N2O5Se/c1-7(14)3-2-4-9(15)13-8(6-19)11(18)12-5-10(16)17/h8,14H,1-6H2,(H,12,18)(H,13,15)(H,16,17). The van der Waals surface area contributed by atoms with Crippen molar-refractivity contribution in [2.75, 3.05) is 6.54 Å². The Labute approximate surface area is 119 Å². The monoisotopic (exact) mass is 337 g/mol. The molecule has 0 fully saturated rings. The Morgan fingerprint density at radius 3 is 2.32 bits per heavy atom. The first-order valence-electron chi connectivity index (χ1n) is 5.60. The van der Waals surface area contributed by atoms with Crippen molar-refractivity contribution in [2.24, 2.45) is 0 Å². The van der Waals surface area contributed by atoms with Crippen LogP contribution in [0, 0.1) is 0 Å². The van der Waals surface area contributed by atoms with E-state index in [0.29, 0.717) is 12.8 Å². The molecule has 107 valence electrons. The second-order valence-electron chi connectivity index (χ2n) is 3.82. The number of amides is 2. The van der Waals surface area contributed by atoms with Gasteiger partial charge in [-0.25, -0.2) is 0 Å². The number of rotatable bonds is 9. The number of hydrogen-bond acceptors (Lipinski definition) is 4. The van der Waals surface area contributed by atoms with Gasteiger partial charge in [0.05, 0.1) is 0 Å². The van der Waals surface area contributed by atoms with E-state index in [-0.39, 0.29) is 23.4 Å². The molecule has 0 spiro atoms. The Hall–Kier alpha value is -1.53. The van der Waals surface area contributed by atoms with Crippen LogP contribution in [0.25, 0.3) is 0 Å². The fraction of sp³-hybridized carbons (Fsp3) is 0.545. The molecule has 1 unspecified atom stereocenters. The van der Waals surface area contributed by atoms with Crippen molar-refractivity contribution in [3.63, 3.8) is 0 Å². The summed E-state index contributed by atoms with van der Waals surface area (Å²) >= 11 is 2.61. The molecule has 0 saturated carbocycles. The van der Waals surface area contributed by atoms with E-state index < -0.39 is 24.5 Å². The Morgan fingerprint density at radius 2 is 1.84 bits per heavy atom. The fourth-order valence-electron chi connectivity index (χ4n) is 1.19. The van der Waals surface area contributed by atoms with Gasteiger partial charge in [-0.15, -0.1) is 0 Å². The molecule has 0 bridgehead atoms. The van der Waals surface area contributed by atoms with Crippen LogP contribution in [-0.2, 0) is 14.4 Å². The van der Waals surface area contributed by atoms with Gasteiger partial charge in [0.15, 0.2) is 0 Å². The Bertz CT molecular complexity index is 359. The molecule has 8 heteroatoms. The molecule has 19 heavy (non-hydrogen) atoms. The number of carboxylic acid groups (broad SMARTS) is 1. The summed E-state index contributed by atoms with van der Waals surface area (Å²) in [5.41, 5.74) is 0. The minimum absolute atomic E-state index is 0.00683. The molecule has 0 aromatic carbocycles. The van der Waals surface area contributed by atoms with Crippen molar-refractivity contribution in [3.8, 4) is 0 Å². The van der Waals surface area contributed by atoms with Crippen LogP contribution >= 0.6 is 0 Å². The third-order valence-electron chi connectivity index (χ3n) is 2.10. The fourth-order valence-corrected chi connectivity index (χ4v) is 1.68. The molecule has 0 heterocycles. The summed E-state index contributed by atoms with van der Waals surface area (Å²) in [6.45, 7) is 2.81. The van der Waals surface area contributed by atoms with Gasteiger partial charge in [0.2, 0.25) is 0 Å². The van der Waals surface area contributed by atoms with Gasteiger partial charge in [0, 0.05) is 0 Å². The normalized spacial score (nSPS) is 11.4.